The van der Waals surface area contributed by atoms with Crippen molar-refractivity contribution in [2.75, 3.05) is 0 Å². The number of benzene rings is 4. The van der Waals surface area contributed by atoms with Gasteiger partial charge in [0.05, 0.1) is 10.9 Å². The van der Waals surface area contributed by atoms with Crippen LogP contribution in [-0.4, -0.2) is 0 Å². The van der Waals surface area contributed by atoms with Gasteiger partial charge in [-0.3, -0.25) is 0 Å². The van der Waals surface area contributed by atoms with Crippen LogP contribution in [0, 0.1) is 17.8 Å². The molecule has 202 valence electrons. The third-order valence-corrected chi connectivity index (χ3v) is 10.8. The molecule has 0 fully saturated rings. The van der Waals surface area contributed by atoms with Crippen LogP contribution in [0.2, 0.25) is 0 Å². The molecule has 0 saturated heterocycles. The van der Waals surface area contributed by atoms with Crippen molar-refractivity contribution < 1.29 is 4.57 Å². The molecule has 0 spiro atoms. The summed E-state index contributed by atoms with van der Waals surface area (Å²) in [5.41, 5.74) is 7.62. The Morgan fingerprint density at radius 3 is 2.23 bits per heavy atom. The second-order valence-electron chi connectivity index (χ2n) is 14.1. The summed E-state index contributed by atoms with van der Waals surface area (Å²) in [6.45, 7) is 16.6. The lowest BCUT2D eigenvalue weighted by atomic mass is 9.83. The van der Waals surface area contributed by atoms with Crippen LogP contribution in [0.3, 0.4) is 0 Å². The first kappa shape index (κ1) is 26.0. The lowest BCUT2D eigenvalue weighted by Gasteiger charge is -2.27. The summed E-state index contributed by atoms with van der Waals surface area (Å²) in [7, 11) is 2.23. The molecule has 7 rings (SSSR count). The van der Waals surface area contributed by atoms with Crippen LogP contribution < -0.4 is 4.57 Å². The standard InChI is InChI=1S/C37H38NS2/c1-21-30-33-32-24(16-17-38(33)8)23-14-11-12-22(19-36(2,3)4)26(23)18-29(32)40-35(30)27(20-37(5,6)7)31-25-13-9-10-15-28(25)39-34(21)31/h9-18H,19-20H2,1-8H3/q+1. The maximum atomic E-state index is 2.52. The topological polar surface area (TPSA) is 3.88 Å². The maximum Gasteiger partial charge on any atom is 0.222 e. The quantitative estimate of drug-likeness (QED) is 0.150. The minimum Gasteiger partial charge on any atom is -0.200 e. The number of thiophene rings is 1. The molecule has 3 heteroatoms. The van der Waals surface area contributed by atoms with Crippen molar-refractivity contribution in [3.8, 4) is 11.3 Å². The van der Waals surface area contributed by atoms with E-state index in [1.54, 1.807) is 0 Å². The van der Waals surface area contributed by atoms with Gasteiger partial charge in [0.2, 0.25) is 5.69 Å². The predicted octanol–water partition coefficient (Wildman–Crippen LogP) is 10.8. The number of nitrogens with zero attached hydrogens (tertiary/aromatic N) is 1. The van der Waals surface area contributed by atoms with E-state index in [4.69, 9.17) is 0 Å². The van der Waals surface area contributed by atoms with Gasteiger partial charge in [-0.25, -0.2) is 4.57 Å². The third kappa shape index (κ3) is 4.00. The average Bonchev–Trinajstić information content (AvgIpc) is 3.27. The number of aryl methyl sites for hydroxylation is 2. The molecule has 0 radical (unpaired) electrons. The Labute approximate surface area is 246 Å². The van der Waals surface area contributed by atoms with Gasteiger partial charge in [-0.15, -0.1) is 11.3 Å². The van der Waals surface area contributed by atoms with Crippen LogP contribution >= 0.6 is 23.1 Å². The van der Waals surface area contributed by atoms with E-state index in [9.17, 15) is 0 Å². The highest BCUT2D eigenvalue weighted by Gasteiger charge is 2.34. The largest absolute Gasteiger partial charge is 0.222 e. The van der Waals surface area contributed by atoms with Crippen LogP contribution in [0.25, 0.3) is 53.0 Å². The Hall–Kier alpha value is -2.88. The highest BCUT2D eigenvalue weighted by atomic mass is 32.2. The van der Waals surface area contributed by atoms with Gasteiger partial charge in [-0.1, -0.05) is 89.7 Å². The summed E-state index contributed by atoms with van der Waals surface area (Å²) < 4.78 is 5.22. The molecule has 0 amide bonds. The lowest BCUT2D eigenvalue weighted by molar-refractivity contribution is -0.659. The number of hydrogen-bond acceptors (Lipinski definition) is 2. The van der Waals surface area contributed by atoms with Crippen molar-refractivity contribution in [3.63, 3.8) is 0 Å². The summed E-state index contributed by atoms with van der Waals surface area (Å²) >= 11 is 3.99. The Kier molecular flexibility index (Phi) is 5.74. The third-order valence-electron chi connectivity index (χ3n) is 8.32. The molecule has 1 aliphatic rings. The van der Waals surface area contributed by atoms with Gasteiger partial charge < -0.3 is 0 Å². The lowest BCUT2D eigenvalue weighted by Crippen LogP contribution is -2.32. The first-order chi connectivity index (χ1) is 18.9. The molecule has 3 heterocycles. The predicted molar refractivity (Wildman–Crippen MR) is 176 cm³/mol. The van der Waals surface area contributed by atoms with E-state index in [2.05, 4.69) is 121 Å². The molecular formula is C37H38NS2+. The minimum absolute atomic E-state index is 0.178. The summed E-state index contributed by atoms with van der Waals surface area (Å²) in [4.78, 5) is 2.86. The van der Waals surface area contributed by atoms with Gasteiger partial charge in [0.15, 0.2) is 6.20 Å². The maximum absolute atomic E-state index is 2.52. The van der Waals surface area contributed by atoms with Gasteiger partial charge in [-0.05, 0) is 70.2 Å². The van der Waals surface area contributed by atoms with E-state index < -0.39 is 0 Å². The summed E-state index contributed by atoms with van der Waals surface area (Å²) in [5.74, 6) is 0. The zero-order valence-electron chi connectivity index (χ0n) is 25.0. The average molecular weight is 561 g/mol. The number of rotatable bonds is 2. The molecule has 0 aliphatic carbocycles. The Bertz CT molecular complexity index is 2010. The molecule has 6 aromatic rings. The number of aromatic nitrogens is 1. The highest BCUT2D eigenvalue weighted by molar-refractivity contribution is 8.00. The van der Waals surface area contributed by atoms with Crippen molar-refractivity contribution in [1.29, 1.82) is 0 Å². The smallest absolute Gasteiger partial charge is 0.200 e. The van der Waals surface area contributed by atoms with Crippen molar-refractivity contribution in [3.05, 3.63) is 77.5 Å². The zero-order chi connectivity index (χ0) is 28.1. The second-order valence-corrected chi connectivity index (χ2v) is 16.2. The van der Waals surface area contributed by atoms with Crippen LogP contribution in [-0.2, 0) is 19.9 Å². The first-order valence-electron chi connectivity index (χ1n) is 14.4. The fourth-order valence-electron chi connectivity index (χ4n) is 6.82. The summed E-state index contributed by atoms with van der Waals surface area (Å²) in [5, 5.41) is 8.46. The molecule has 0 N–H and O–H groups in total. The molecule has 0 unspecified atom stereocenters. The van der Waals surface area contributed by atoms with Crippen molar-refractivity contribution in [2.45, 2.75) is 71.1 Å². The SMILES string of the molecule is Cc1c2c(c(CC(C)(C)C)c3c1sc1ccccc13)Sc1cc3c(CC(C)(C)C)cccc3c3cc[n+](C)c-2c13. The summed E-state index contributed by atoms with van der Waals surface area (Å²) in [6.07, 6.45) is 4.41. The fourth-order valence-corrected chi connectivity index (χ4v) is 9.41. The van der Waals surface area contributed by atoms with Crippen LogP contribution in [0.5, 0.6) is 0 Å². The normalized spacial score (nSPS) is 13.6. The molecule has 1 aliphatic heterocycles. The summed E-state index contributed by atoms with van der Waals surface area (Å²) in [6, 6.07) is 20.8. The Balaban J connectivity index is 1.64. The minimum atomic E-state index is 0.178. The number of hydrogen-bond donors (Lipinski definition) is 0. The fraction of sp³-hybridized carbons (Fsp3) is 0.324. The van der Waals surface area contributed by atoms with Crippen molar-refractivity contribution >= 4 is 64.8 Å². The Morgan fingerprint density at radius 1 is 0.750 bits per heavy atom. The Morgan fingerprint density at radius 2 is 1.48 bits per heavy atom. The van der Waals surface area contributed by atoms with Gasteiger partial charge in [-0.2, -0.15) is 0 Å². The molecule has 0 bridgehead atoms. The molecule has 0 atom stereocenters. The zero-order valence-corrected chi connectivity index (χ0v) is 26.6. The van der Waals surface area contributed by atoms with E-state index in [-0.39, 0.29) is 10.8 Å². The van der Waals surface area contributed by atoms with Crippen LogP contribution in [0.15, 0.2) is 70.6 Å². The van der Waals surface area contributed by atoms with Crippen LogP contribution in [0.4, 0.5) is 0 Å². The van der Waals surface area contributed by atoms with E-state index >= 15 is 0 Å². The number of fused-ring (bicyclic) bond motifs is 7. The van der Waals surface area contributed by atoms with Gasteiger partial charge in [0.1, 0.15) is 7.05 Å². The highest BCUT2D eigenvalue weighted by Crippen LogP contribution is 2.55. The molecule has 1 nitrogen and oxygen atoms in total. The van der Waals surface area contributed by atoms with Gasteiger partial charge in [0, 0.05) is 41.4 Å². The monoisotopic (exact) mass is 560 g/mol. The number of pyridine rings is 1. The molecule has 0 saturated carbocycles. The van der Waals surface area contributed by atoms with E-state index in [1.165, 1.54) is 79.5 Å². The van der Waals surface area contributed by atoms with Gasteiger partial charge in [0.25, 0.3) is 0 Å². The second kappa shape index (κ2) is 8.81. The van der Waals surface area contributed by atoms with E-state index in [0.29, 0.717) is 0 Å². The first-order valence-corrected chi connectivity index (χ1v) is 16.1. The van der Waals surface area contributed by atoms with Gasteiger partial charge >= 0.3 is 0 Å². The van der Waals surface area contributed by atoms with Crippen LogP contribution in [0.1, 0.15) is 58.2 Å². The molecule has 2 aromatic heterocycles. The van der Waals surface area contributed by atoms with E-state index in [1.807, 2.05) is 23.1 Å². The van der Waals surface area contributed by atoms with Crippen molar-refractivity contribution in [1.82, 2.24) is 0 Å². The molecular weight excluding hydrogens is 523 g/mol. The molecule has 4 aromatic carbocycles. The van der Waals surface area contributed by atoms with E-state index in [0.717, 1.165) is 12.8 Å². The van der Waals surface area contributed by atoms with Crippen molar-refractivity contribution in [2.24, 2.45) is 17.9 Å². The molecule has 40 heavy (non-hydrogen) atoms.